The molecule has 0 saturated carbocycles. The Bertz CT molecular complexity index is 655. The summed E-state index contributed by atoms with van der Waals surface area (Å²) in [4.78, 5) is 32.0. The van der Waals surface area contributed by atoms with Gasteiger partial charge in [0.15, 0.2) is 0 Å². The molecule has 1 aliphatic rings. The largest absolute Gasteiger partial charge is 0.348 e. The number of hydrogen-bond donors (Lipinski definition) is 3. The Morgan fingerprint density at radius 3 is 2.43 bits per heavy atom. The third kappa shape index (κ3) is 3.25. The van der Waals surface area contributed by atoms with Crippen molar-refractivity contribution in [1.82, 2.24) is 20.6 Å². The van der Waals surface area contributed by atoms with Gasteiger partial charge < -0.3 is 15.6 Å². The average molecular weight is 325 g/mol. The molecular weight excluding hydrogens is 312 g/mol. The van der Waals surface area contributed by atoms with Gasteiger partial charge in [0.2, 0.25) is 11.8 Å². The van der Waals surface area contributed by atoms with Crippen LogP contribution in [0.3, 0.4) is 0 Å². The van der Waals surface area contributed by atoms with Gasteiger partial charge in [-0.1, -0.05) is 11.6 Å². The van der Waals surface area contributed by atoms with Gasteiger partial charge in [0, 0.05) is 29.6 Å². The van der Waals surface area contributed by atoms with Crippen LogP contribution in [0.15, 0.2) is 24.7 Å². The minimum Gasteiger partial charge on any atom is -0.348 e. The highest BCUT2D eigenvalue weighted by atomic mass is 35.5. The number of piperazine rings is 1. The van der Waals surface area contributed by atoms with Crippen molar-refractivity contribution in [1.29, 1.82) is 0 Å². The van der Waals surface area contributed by atoms with Crippen LogP contribution in [-0.4, -0.2) is 33.9 Å². The van der Waals surface area contributed by atoms with E-state index in [0.717, 1.165) is 10.6 Å². The Morgan fingerprint density at radius 1 is 1.14 bits per heavy atom. The maximum atomic E-state index is 12.1. The minimum atomic E-state index is -0.568. The number of nitrogens with one attached hydrogen (secondary N) is 3. The first kappa shape index (κ1) is 14.1. The second-order valence-electron chi connectivity index (χ2n) is 4.81. The van der Waals surface area contributed by atoms with E-state index in [1.54, 1.807) is 18.6 Å². The number of amides is 2. The number of nitrogens with zero attached hydrogens (tertiary/aromatic N) is 1. The van der Waals surface area contributed by atoms with E-state index in [4.69, 9.17) is 11.6 Å². The van der Waals surface area contributed by atoms with Crippen molar-refractivity contribution in [2.75, 3.05) is 0 Å². The number of halogens is 1. The Kier molecular flexibility index (Phi) is 3.94. The predicted octanol–water partition coefficient (Wildman–Crippen LogP) is 0.893. The molecule has 1 fully saturated rings. The number of thiophene rings is 1. The molecule has 2 amide bonds. The lowest BCUT2D eigenvalue weighted by Gasteiger charge is -2.29. The van der Waals surface area contributed by atoms with Gasteiger partial charge >= 0.3 is 0 Å². The molecule has 3 heterocycles. The standard InChI is InChI=1S/C13H13ClN4O2S/c14-11-2-1-8(21-11)4-10-13(20)17-9(12(19)18-10)3-7-5-15-6-16-7/h1-2,5-6,9-10H,3-4H2,(H,15,16)(H,17,20)(H,18,19)/t9-,10-/m0/s1. The zero-order chi connectivity index (χ0) is 14.8. The van der Waals surface area contributed by atoms with E-state index in [9.17, 15) is 9.59 Å². The Balaban J connectivity index is 1.63. The lowest BCUT2D eigenvalue weighted by molar-refractivity contribution is -0.136. The first-order valence-electron chi connectivity index (χ1n) is 6.44. The van der Waals surface area contributed by atoms with E-state index < -0.39 is 12.1 Å². The van der Waals surface area contributed by atoms with Crippen LogP contribution in [0.2, 0.25) is 4.34 Å². The third-order valence-corrected chi connectivity index (χ3v) is 4.53. The molecule has 0 aliphatic carbocycles. The van der Waals surface area contributed by atoms with Gasteiger partial charge in [0.05, 0.1) is 10.7 Å². The van der Waals surface area contributed by atoms with Crippen LogP contribution in [0.25, 0.3) is 0 Å². The SMILES string of the molecule is O=C1N[C@@H](Cc2ccc(Cl)s2)C(=O)N[C@H]1Cc1cnc[nH]1. The number of carbonyl (C=O) groups excluding carboxylic acids is 2. The summed E-state index contributed by atoms with van der Waals surface area (Å²) >= 11 is 7.28. The highest BCUT2D eigenvalue weighted by Gasteiger charge is 2.34. The normalized spacial score (nSPS) is 22.0. The molecular formula is C13H13ClN4O2S. The summed E-state index contributed by atoms with van der Waals surface area (Å²) in [5, 5.41) is 5.52. The Labute approximate surface area is 129 Å². The van der Waals surface area contributed by atoms with Gasteiger partial charge in [-0.2, -0.15) is 0 Å². The second kappa shape index (κ2) is 5.87. The first-order chi connectivity index (χ1) is 10.1. The molecule has 3 N–H and O–H groups in total. The van der Waals surface area contributed by atoms with E-state index in [1.165, 1.54) is 11.3 Å². The Hall–Kier alpha value is -1.86. The summed E-state index contributed by atoms with van der Waals surface area (Å²) in [6.07, 6.45) is 4.03. The fraction of sp³-hybridized carbons (Fsp3) is 0.308. The van der Waals surface area contributed by atoms with Crippen LogP contribution < -0.4 is 10.6 Å². The number of H-pyrrole nitrogens is 1. The average Bonchev–Trinajstić information content (AvgIpc) is 3.07. The van der Waals surface area contributed by atoms with Crippen molar-refractivity contribution < 1.29 is 9.59 Å². The van der Waals surface area contributed by atoms with Crippen molar-refractivity contribution in [3.8, 4) is 0 Å². The molecule has 0 unspecified atom stereocenters. The smallest absolute Gasteiger partial charge is 0.243 e. The number of rotatable bonds is 4. The van der Waals surface area contributed by atoms with Crippen LogP contribution in [0.5, 0.6) is 0 Å². The number of aromatic nitrogens is 2. The molecule has 0 bridgehead atoms. The molecule has 1 saturated heterocycles. The van der Waals surface area contributed by atoms with Crippen LogP contribution in [0.4, 0.5) is 0 Å². The molecule has 2 aromatic heterocycles. The molecule has 8 heteroatoms. The van der Waals surface area contributed by atoms with Crippen LogP contribution in [-0.2, 0) is 22.4 Å². The van der Waals surface area contributed by atoms with Crippen molar-refractivity contribution in [3.05, 3.63) is 39.6 Å². The summed E-state index contributed by atoms with van der Waals surface area (Å²) in [6.45, 7) is 0. The van der Waals surface area contributed by atoms with E-state index >= 15 is 0 Å². The molecule has 0 aromatic carbocycles. The zero-order valence-electron chi connectivity index (χ0n) is 10.9. The maximum Gasteiger partial charge on any atom is 0.243 e. The van der Waals surface area contributed by atoms with Gasteiger partial charge in [0.1, 0.15) is 12.1 Å². The highest BCUT2D eigenvalue weighted by molar-refractivity contribution is 7.16. The molecule has 1 aliphatic heterocycles. The van der Waals surface area contributed by atoms with Crippen LogP contribution in [0.1, 0.15) is 10.6 Å². The highest BCUT2D eigenvalue weighted by Crippen LogP contribution is 2.23. The van der Waals surface area contributed by atoms with E-state index in [-0.39, 0.29) is 11.8 Å². The van der Waals surface area contributed by atoms with E-state index in [0.29, 0.717) is 17.2 Å². The number of hydrogen-bond acceptors (Lipinski definition) is 4. The summed E-state index contributed by atoms with van der Waals surface area (Å²) < 4.78 is 0.671. The van der Waals surface area contributed by atoms with Gasteiger partial charge in [0.25, 0.3) is 0 Å². The Morgan fingerprint density at radius 2 is 1.86 bits per heavy atom. The minimum absolute atomic E-state index is 0.177. The lowest BCUT2D eigenvalue weighted by atomic mass is 10.0. The molecule has 21 heavy (non-hydrogen) atoms. The molecule has 3 rings (SSSR count). The van der Waals surface area contributed by atoms with E-state index in [1.807, 2.05) is 6.07 Å². The topological polar surface area (TPSA) is 86.9 Å². The molecule has 110 valence electrons. The zero-order valence-corrected chi connectivity index (χ0v) is 12.5. The number of aromatic amines is 1. The second-order valence-corrected chi connectivity index (χ2v) is 6.61. The van der Waals surface area contributed by atoms with E-state index in [2.05, 4.69) is 20.6 Å². The molecule has 2 aromatic rings. The number of imidazole rings is 1. The molecule has 6 nitrogen and oxygen atoms in total. The molecule has 0 radical (unpaired) electrons. The fourth-order valence-corrected chi connectivity index (χ4v) is 3.37. The van der Waals surface area contributed by atoms with Gasteiger partial charge in [-0.25, -0.2) is 4.98 Å². The van der Waals surface area contributed by atoms with Gasteiger partial charge in [-0.05, 0) is 12.1 Å². The quantitative estimate of drug-likeness (QED) is 0.780. The summed E-state index contributed by atoms with van der Waals surface area (Å²) in [7, 11) is 0. The molecule has 2 atom stereocenters. The third-order valence-electron chi connectivity index (χ3n) is 3.28. The predicted molar refractivity (Wildman–Crippen MR) is 79.2 cm³/mol. The monoisotopic (exact) mass is 324 g/mol. The lowest BCUT2D eigenvalue weighted by Crippen LogP contribution is -2.62. The van der Waals surface area contributed by atoms with Crippen molar-refractivity contribution in [2.24, 2.45) is 0 Å². The first-order valence-corrected chi connectivity index (χ1v) is 7.63. The maximum absolute atomic E-state index is 12.1. The summed E-state index contributed by atoms with van der Waals surface area (Å²) in [5.41, 5.74) is 0.805. The van der Waals surface area contributed by atoms with Crippen molar-refractivity contribution in [3.63, 3.8) is 0 Å². The van der Waals surface area contributed by atoms with Gasteiger partial charge in [-0.15, -0.1) is 11.3 Å². The summed E-state index contributed by atoms with van der Waals surface area (Å²) in [6, 6.07) is 2.53. The molecule has 0 spiro atoms. The number of carbonyl (C=O) groups is 2. The van der Waals surface area contributed by atoms with Crippen LogP contribution in [0, 0.1) is 0 Å². The van der Waals surface area contributed by atoms with Crippen molar-refractivity contribution >= 4 is 34.8 Å². The van der Waals surface area contributed by atoms with Crippen molar-refractivity contribution in [2.45, 2.75) is 24.9 Å². The van der Waals surface area contributed by atoms with Crippen LogP contribution >= 0.6 is 22.9 Å². The fourth-order valence-electron chi connectivity index (χ4n) is 2.24. The van der Waals surface area contributed by atoms with Gasteiger partial charge in [-0.3, -0.25) is 9.59 Å². The summed E-state index contributed by atoms with van der Waals surface area (Å²) in [5.74, 6) is -0.361.